The fourth-order valence-corrected chi connectivity index (χ4v) is 4.99. The van der Waals surface area contributed by atoms with Crippen LogP contribution in [0.5, 0.6) is 0 Å². The average molecular weight is 525 g/mol. The summed E-state index contributed by atoms with van der Waals surface area (Å²) in [7, 11) is 0. The Balaban J connectivity index is 1.36. The van der Waals surface area contributed by atoms with Gasteiger partial charge in [-0.25, -0.2) is 4.98 Å². The molecule has 1 aromatic heterocycles. The van der Waals surface area contributed by atoms with Gasteiger partial charge in [0, 0.05) is 41.1 Å². The molecule has 0 atom stereocenters. The predicted octanol–water partition coefficient (Wildman–Crippen LogP) is 6.52. The highest BCUT2D eigenvalue weighted by molar-refractivity contribution is 7.97. The lowest BCUT2D eigenvalue weighted by atomic mass is 9.83. The molecule has 4 N–H and O–H groups in total. The lowest BCUT2D eigenvalue weighted by Gasteiger charge is -2.24. The second-order valence-electron chi connectivity index (χ2n) is 9.91. The van der Waals surface area contributed by atoms with Gasteiger partial charge in [-0.3, -0.25) is 9.52 Å². The van der Waals surface area contributed by atoms with E-state index in [1.165, 1.54) is 0 Å². The smallest absolute Gasteiger partial charge is 0.234 e. The zero-order valence-corrected chi connectivity index (χ0v) is 22.7. The molecule has 1 aliphatic heterocycles. The van der Waals surface area contributed by atoms with Crippen molar-refractivity contribution in [2.75, 3.05) is 29.0 Å². The van der Waals surface area contributed by atoms with E-state index in [9.17, 15) is 4.79 Å². The summed E-state index contributed by atoms with van der Waals surface area (Å²) < 4.78 is 3.41. The minimum absolute atomic E-state index is 0.0508. The molecule has 7 nitrogen and oxygen atoms in total. The molecule has 0 saturated carbocycles. The number of nitrogens with one attached hydrogen (secondary N) is 4. The molecule has 1 amide bonds. The van der Waals surface area contributed by atoms with Gasteiger partial charge in [0.05, 0.1) is 5.41 Å². The van der Waals surface area contributed by atoms with E-state index >= 15 is 0 Å². The third-order valence-corrected chi connectivity index (χ3v) is 7.42. The Kier molecular flexibility index (Phi) is 7.62. The van der Waals surface area contributed by atoms with Gasteiger partial charge in [-0.1, -0.05) is 48.0 Å². The highest BCUT2D eigenvalue weighted by atomic mass is 32.2. The van der Waals surface area contributed by atoms with Gasteiger partial charge >= 0.3 is 0 Å². The van der Waals surface area contributed by atoms with Crippen molar-refractivity contribution in [2.24, 2.45) is 0 Å². The summed E-state index contributed by atoms with van der Waals surface area (Å²) in [6.45, 7) is 7.58. The first kappa shape index (κ1) is 25.8. The maximum Gasteiger partial charge on any atom is 0.234 e. The van der Waals surface area contributed by atoms with Gasteiger partial charge in [0.15, 0.2) is 0 Å². The fraction of sp³-hybridized carbons (Fsp3) is 0.233. The van der Waals surface area contributed by atoms with Gasteiger partial charge in [-0.2, -0.15) is 4.98 Å². The van der Waals surface area contributed by atoms with E-state index in [0.717, 1.165) is 63.9 Å². The molecule has 1 aliphatic rings. The number of hydrogen-bond donors (Lipinski definition) is 4. The van der Waals surface area contributed by atoms with Crippen molar-refractivity contribution in [3.05, 3.63) is 90.1 Å². The summed E-state index contributed by atoms with van der Waals surface area (Å²) >= 11 is 1.62. The average Bonchev–Trinajstić information content (AvgIpc) is 2.92. The lowest BCUT2D eigenvalue weighted by Crippen LogP contribution is -2.34. The van der Waals surface area contributed by atoms with Crippen molar-refractivity contribution in [1.82, 2.24) is 14.7 Å². The number of fused-ring (bicyclic) bond motifs is 4. The van der Waals surface area contributed by atoms with E-state index in [1.54, 1.807) is 11.9 Å². The van der Waals surface area contributed by atoms with Gasteiger partial charge in [-0.15, -0.1) is 0 Å². The van der Waals surface area contributed by atoms with Crippen LogP contribution in [-0.4, -0.2) is 29.0 Å². The normalized spacial score (nSPS) is 13.7. The van der Waals surface area contributed by atoms with Crippen molar-refractivity contribution in [3.8, 4) is 11.1 Å². The van der Waals surface area contributed by atoms with E-state index in [-0.39, 0.29) is 5.91 Å². The van der Waals surface area contributed by atoms with Crippen molar-refractivity contribution in [1.29, 1.82) is 0 Å². The third-order valence-electron chi connectivity index (χ3n) is 6.58. The zero-order valence-electron chi connectivity index (χ0n) is 21.8. The largest absolute Gasteiger partial charge is 0.369 e. The number of aryl methyl sites for hydroxylation is 1. The number of aromatic nitrogens is 2. The molecule has 0 radical (unpaired) electrons. The van der Waals surface area contributed by atoms with Crippen LogP contribution in [0, 0.1) is 6.92 Å². The highest BCUT2D eigenvalue weighted by Gasteiger charge is 2.30. The highest BCUT2D eigenvalue weighted by Crippen LogP contribution is 2.31. The Bertz CT molecular complexity index is 1440. The Labute approximate surface area is 228 Å². The number of carbonyl (C=O) groups is 1. The molecule has 0 unspecified atom stereocenters. The van der Waals surface area contributed by atoms with E-state index < -0.39 is 5.41 Å². The first-order valence-electron chi connectivity index (χ1n) is 12.8. The molecule has 0 spiro atoms. The van der Waals surface area contributed by atoms with E-state index in [4.69, 9.17) is 4.98 Å². The summed E-state index contributed by atoms with van der Waals surface area (Å²) in [6, 6.07) is 24.1. The number of benzene rings is 3. The van der Waals surface area contributed by atoms with Gasteiger partial charge in [0.25, 0.3) is 0 Å². The van der Waals surface area contributed by atoms with Crippen LogP contribution in [0.2, 0.25) is 0 Å². The second-order valence-corrected chi connectivity index (χ2v) is 10.9. The first-order chi connectivity index (χ1) is 18.4. The second kappa shape index (κ2) is 11.2. The van der Waals surface area contributed by atoms with Crippen LogP contribution in [0.1, 0.15) is 31.4 Å². The van der Waals surface area contributed by atoms with Crippen LogP contribution in [0.25, 0.3) is 11.1 Å². The van der Waals surface area contributed by atoms with Gasteiger partial charge in [0.2, 0.25) is 11.9 Å². The Morgan fingerprint density at radius 2 is 1.82 bits per heavy atom. The van der Waals surface area contributed by atoms with Crippen LogP contribution in [0.15, 0.2) is 83.9 Å². The van der Waals surface area contributed by atoms with Crippen LogP contribution in [0.3, 0.4) is 0 Å². The fourth-order valence-electron chi connectivity index (χ4n) is 4.24. The van der Waals surface area contributed by atoms with Gasteiger partial charge < -0.3 is 16.0 Å². The zero-order chi connectivity index (χ0) is 26.5. The van der Waals surface area contributed by atoms with Crippen LogP contribution in [0.4, 0.5) is 23.1 Å². The Morgan fingerprint density at radius 3 is 2.63 bits per heavy atom. The molecule has 3 aromatic carbocycles. The van der Waals surface area contributed by atoms with Crippen LogP contribution < -0.4 is 20.7 Å². The maximum absolute atomic E-state index is 13.2. The molecule has 0 saturated heterocycles. The Hall–Kier alpha value is -3.88. The standard InChI is InChI=1S/C30H32N6OS/c1-20-7-4-8-22(17-20)30(2,3)28(37)34-23-13-11-21(12-14-23)26-19-32-29-35-24-9-5-10-25(18-24)38-33-16-6-15-31-27(26)36-29/h4-5,7-14,17-19,33H,6,15-16H2,1-3H3,(H,34,37)(H2,31,32,35,36). The van der Waals surface area contributed by atoms with Crippen molar-refractivity contribution < 1.29 is 4.79 Å². The quantitative estimate of drug-likeness (QED) is 0.226. The number of nitrogens with zero attached hydrogens (tertiary/aromatic N) is 2. The minimum Gasteiger partial charge on any atom is -0.369 e. The summed E-state index contributed by atoms with van der Waals surface area (Å²) in [5, 5.41) is 9.87. The molecule has 4 bridgehead atoms. The SMILES string of the molecule is Cc1cccc(C(C)(C)C(=O)Nc2ccc(-c3cnc4nc3NCCCNSc3cccc(c3)N4)cc2)c1. The first-order valence-corrected chi connectivity index (χ1v) is 13.6. The predicted molar refractivity (Wildman–Crippen MR) is 157 cm³/mol. The summed E-state index contributed by atoms with van der Waals surface area (Å²) in [5.74, 6) is 1.25. The lowest BCUT2D eigenvalue weighted by molar-refractivity contribution is -0.120. The van der Waals surface area contributed by atoms with Crippen molar-refractivity contribution in [3.63, 3.8) is 0 Å². The molecule has 0 fully saturated rings. The number of rotatable bonds is 4. The molecular formula is C30H32N6OS. The van der Waals surface area contributed by atoms with Crippen LogP contribution >= 0.6 is 11.9 Å². The topological polar surface area (TPSA) is 91.0 Å². The molecule has 5 rings (SSSR count). The molecular weight excluding hydrogens is 492 g/mol. The van der Waals surface area contributed by atoms with Gasteiger partial charge in [0.1, 0.15) is 5.82 Å². The van der Waals surface area contributed by atoms with Crippen LogP contribution in [-0.2, 0) is 10.2 Å². The van der Waals surface area contributed by atoms with Gasteiger partial charge in [-0.05, 0) is 80.6 Å². The number of carbonyl (C=O) groups excluding carboxylic acids is 1. The van der Waals surface area contributed by atoms with E-state index in [0.29, 0.717) is 5.95 Å². The molecule has 194 valence electrons. The molecule has 38 heavy (non-hydrogen) atoms. The van der Waals surface area contributed by atoms with Crippen molar-refractivity contribution >= 4 is 41.0 Å². The number of hydrogen-bond acceptors (Lipinski definition) is 7. The maximum atomic E-state index is 13.2. The minimum atomic E-state index is -0.660. The molecule has 4 aromatic rings. The molecule has 8 heteroatoms. The molecule has 0 aliphatic carbocycles. The van der Waals surface area contributed by atoms with Crippen molar-refractivity contribution in [2.45, 2.75) is 37.5 Å². The number of amides is 1. The third kappa shape index (κ3) is 5.98. The summed E-state index contributed by atoms with van der Waals surface area (Å²) in [4.78, 5) is 23.7. The van der Waals surface area contributed by atoms with E-state index in [1.807, 2.05) is 81.6 Å². The monoisotopic (exact) mass is 524 g/mol. The molecule has 2 heterocycles. The summed E-state index contributed by atoms with van der Waals surface area (Å²) in [5.41, 5.74) is 5.02. The Morgan fingerprint density at radius 1 is 1.00 bits per heavy atom. The summed E-state index contributed by atoms with van der Waals surface area (Å²) in [6.07, 6.45) is 2.78. The number of anilines is 4. The van der Waals surface area contributed by atoms with E-state index in [2.05, 4.69) is 43.9 Å².